The summed E-state index contributed by atoms with van der Waals surface area (Å²) < 4.78 is 6.14. The first kappa shape index (κ1) is 29.6. The van der Waals surface area contributed by atoms with Crippen LogP contribution in [-0.2, 0) is 19.1 Å². The number of hydrogen-bond acceptors (Lipinski definition) is 5. The van der Waals surface area contributed by atoms with Crippen LogP contribution in [0.25, 0.3) is 0 Å². The molecule has 0 aromatic carbocycles. The number of esters is 1. The van der Waals surface area contributed by atoms with E-state index in [0.717, 1.165) is 38.0 Å². The maximum atomic E-state index is 13.3. The SMILES string of the molecule is CCC(C)[C@H](NC(=O)[C@H](N)C(C)C)C(=O)O[C@@H]1CC[C@@]2(C)[C@@H](CC[C@@H]3[C@@H]2CC[C@]2(C)[C@@H](C(C)=O)CC[C@@H]32)C1. The topological polar surface area (TPSA) is 98.5 Å². The summed E-state index contributed by atoms with van der Waals surface area (Å²) in [7, 11) is 0. The Morgan fingerprint density at radius 1 is 0.947 bits per heavy atom. The molecule has 11 atom stereocenters. The maximum Gasteiger partial charge on any atom is 0.329 e. The molecule has 216 valence electrons. The highest BCUT2D eigenvalue weighted by molar-refractivity contribution is 5.87. The van der Waals surface area contributed by atoms with Crippen molar-refractivity contribution in [3.63, 3.8) is 0 Å². The molecule has 0 saturated heterocycles. The lowest BCUT2D eigenvalue weighted by Gasteiger charge is -2.61. The van der Waals surface area contributed by atoms with Crippen LogP contribution in [0.4, 0.5) is 0 Å². The van der Waals surface area contributed by atoms with Gasteiger partial charge in [-0.2, -0.15) is 0 Å². The fourth-order valence-electron chi connectivity index (χ4n) is 9.45. The quantitative estimate of drug-likeness (QED) is 0.395. The van der Waals surface area contributed by atoms with Crippen molar-refractivity contribution in [1.82, 2.24) is 5.32 Å². The van der Waals surface area contributed by atoms with Gasteiger partial charge in [-0.05, 0) is 111 Å². The zero-order valence-electron chi connectivity index (χ0n) is 25.1. The predicted octanol–water partition coefficient (Wildman–Crippen LogP) is 5.66. The second-order valence-corrected chi connectivity index (χ2v) is 14.4. The van der Waals surface area contributed by atoms with Gasteiger partial charge >= 0.3 is 5.97 Å². The average molecular weight is 531 g/mol. The minimum Gasteiger partial charge on any atom is -0.461 e. The lowest BCUT2D eigenvalue weighted by atomic mass is 9.44. The Morgan fingerprint density at radius 3 is 2.24 bits per heavy atom. The highest BCUT2D eigenvalue weighted by atomic mass is 16.5. The Morgan fingerprint density at radius 2 is 1.61 bits per heavy atom. The summed E-state index contributed by atoms with van der Waals surface area (Å²) in [6, 6.07) is -1.29. The van der Waals surface area contributed by atoms with Gasteiger partial charge in [-0.25, -0.2) is 4.79 Å². The first-order chi connectivity index (χ1) is 17.8. The van der Waals surface area contributed by atoms with Crippen LogP contribution < -0.4 is 11.1 Å². The third kappa shape index (κ3) is 5.20. The van der Waals surface area contributed by atoms with Crippen LogP contribution >= 0.6 is 0 Å². The molecule has 0 heterocycles. The third-order valence-corrected chi connectivity index (χ3v) is 12.2. The Kier molecular flexibility index (Phi) is 8.72. The number of rotatable bonds is 8. The predicted molar refractivity (Wildman–Crippen MR) is 150 cm³/mol. The highest BCUT2D eigenvalue weighted by Crippen LogP contribution is 2.67. The first-order valence-corrected chi connectivity index (χ1v) is 15.6. The number of nitrogens with two attached hydrogens (primary N) is 1. The number of amides is 1. The van der Waals surface area contributed by atoms with Crippen LogP contribution in [0.2, 0.25) is 0 Å². The average Bonchev–Trinajstić information content (AvgIpc) is 3.23. The monoisotopic (exact) mass is 530 g/mol. The molecule has 0 aromatic rings. The molecule has 4 fully saturated rings. The van der Waals surface area contributed by atoms with Crippen LogP contribution in [0, 0.1) is 52.3 Å². The second kappa shape index (κ2) is 11.2. The first-order valence-electron chi connectivity index (χ1n) is 15.6. The summed E-state index contributed by atoms with van der Waals surface area (Å²) >= 11 is 0. The molecule has 6 nitrogen and oxygen atoms in total. The number of carbonyl (C=O) groups excluding carboxylic acids is 3. The maximum absolute atomic E-state index is 13.3. The Hall–Kier alpha value is -1.43. The Bertz CT molecular complexity index is 904. The molecule has 4 aliphatic rings. The normalized spacial score (nSPS) is 40.8. The minimum absolute atomic E-state index is 0.00462. The van der Waals surface area contributed by atoms with Crippen LogP contribution in [0.15, 0.2) is 0 Å². The molecule has 1 amide bonds. The number of Topliss-reactive ketones (excluding diaryl/α,β-unsaturated/α-hetero) is 1. The molecule has 4 rings (SSSR count). The summed E-state index contributed by atoms with van der Waals surface area (Å²) in [5, 5.41) is 2.91. The molecule has 38 heavy (non-hydrogen) atoms. The standard InChI is InChI=1S/C32H54N2O4/c1-8-19(4)28(34-29(36)27(33)18(2)3)30(37)38-22-13-15-31(6)21(17-22)9-10-23-25-12-11-24(20(5)35)32(25,7)16-14-26(23)31/h18-19,21-28H,8-17,33H2,1-7H3,(H,34,36)/t19?,21-,22+,23-,24+,25-,26-,27+,28-,31-,32+/m0/s1. The molecular formula is C32H54N2O4. The number of ether oxygens (including phenoxy) is 1. The van der Waals surface area contributed by atoms with E-state index < -0.39 is 12.1 Å². The Balaban J connectivity index is 1.41. The summed E-state index contributed by atoms with van der Waals surface area (Å²) in [5.74, 6) is 2.75. The van der Waals surface area contributed by atoms with Gasteiger partial charge in [0, 0.05) is 5.92 Å². The van der Waals surface area contributed by atoms with E-state index in [4.69, 9.17) is 10.5 Å². The molecule has 0 radical (unpaired) electrons. The molecule has 0 aliphatic heterocycles. The molecule has 1 unspecified atom stereocenters. The van der Waals surface area contributed by atoms with E-state index >= 15 is 0 Å². The van der Waals surface area contributed by atoms with Crippen molar-refractivity contribution < 1.29 is 19.1 Å². The van der Waals surface area contributed by atoms with Crippen molar-refractivity contribution in [2.75, 3.05) is 0 Å². The van der Waals surface area contributed by atoms with Crippen LogP contribution in [0.3, 0.4) is 0 Å². The number of fused-ring (bicyclic) bond motifs is 5. The van der Waals surface area contributed by atoms with Crippen molar-refractivity contribution in [3.8, 4) is 0 Å². The fourth-order valence-corrected chi connectivity index (χ4v) is 9.45. The molecule has 0 spiro atoms. The van der Waals surface area contributed by atoms with Gasteiger partial charge in [0.2, 0.25) is 5.91 Å². The van der Waals surface area contributed by atoms with Crippen LogP contribution in [0.5, 0.6) is 0 Å². The Labute approximate surface area is 231 Å². The van der Waals surface area contributed by atoms with Gasteiger partial charge in [0.15, 0.2) is 0 Å². The number of nitrogens with one attached hydrogen (secondary N) is 1. The smallest absolute Gasteiger partial charge is 0.329 e. The molecule has 4 saturated carbocycles. The van der Waals surface area contributed by atoms with Crippen molar-refractivity contribution >= 4 is 17.7 Å². The minimum atomic E-state index is -0.658. The van der Waals surface area contributed by atoms with Crippen LogP contribution in [-0.4, -0.2) is 35.8 Å². The van der Waals surface area contributed by atoms with Gasteiger partial charge in [0.05, 0.1) is 6.04 Å². The lowest BCUT2D eigenvalue weighted by molar-refractivity contribution is -0.167. The van der Waals surface area contributed by atoms with E-state index in [0.29, 0.717) is 23.5 Å². The lowest BCUT2D eigenvalue weighted by Crippen LogP contribution is -2.55. The van der Waals surface area contributed by atoms with Crippen molar-refractivity contribution in [1.29, 1.82) is 0 Å². The zero-order valence-corrected chi connectivity index (χ0v) is 25.1. The number of ketones is 1. The molecule has 4 aliphatic carbocycles. The van der Waals surface area contributed by atoms with E-state index in [9.17, 15) is 14.4 Å². The number of carbonyl (C=O) groups is 3. The van der Waals surface area contributed by atoms with E-state index in [-0.39, 0.29) is 46.6 Å². The van der Waals surface area contributed by atoms with Gasteiger partial charge in [0.1, 0.15) is 17.9 Å². The summed E-state index contributed by atoms with van der Waals surface area (Å²) in [6.45, 7) is 14.6. The third-order valence-electron chi connectivity index (χ3n) is 12.2. The molecule has 0 aromatic heterocycles. The molecule has 6 heteroatoms. The molecule has 0 bridgehead atoms. The van der Waals surface area contributed by atoms with E-state index in [1.54, 1.807) is 6.92 Å². The van der Waals surface area contributed by atoms with Gasteiger partial charge in [-0.15, -0.1) is 0 Å². The van der Waals surface area contributed by atoms with Gasteiger partial charge < -0.3 is 15.8 Å². The number of hydrogen-bond donors (Lipinski definition) is 2. The molecular weight excluding hydrogens is 476 g/mol. The van der Waals surface area contributed by atoms with Gasteiger partial charge in [-0.1, -0.05) is 48.0 Å². The second-order valence-electron chi connectivity index (χ2n) is 14.4. The zero-order chi connectivity index (χ0) is 28.0. The van der Waals surface area contributed by atoms with Crippen molar-refractivity contribution in [2.24, 2.45) is 58.0 Å². The highest BCUT2D eigenvalue weighted by Gasteiger charge is 2.61. The van der Waals surface area contributed by atoms with Crippen molar-refractivity contribution in [2.45, 2.75) is 131 Å². The summed E-state index contributed by atoms with van der Waals surface area (Å²) in [6.07, 6.45) is 10.7. The summed E-state index contributed by atoms with van der Waals surface area (Å²) in [4.78, 5) is 38.5. The van der Waals surface area contributed by atoms with Crippen LogP contribution in [0.1, 0.15) is 113 Å². The molecule has 3 N–H and O–H groups in total. The van der Waals surface area contributed by atoms with Crippen molar-refractivity contribution in [3.05, 3.63) is 0 Å². The van der Waals surface area contributed by atoms with Gasteiger partial charge in [0.25, 0.3) is 0 Å². The van der Waals surface area contributed by atoms with E-state index in [1.165, 1.54) is 32.1 Å². The van der Waals surface area contributed by atoms with Gasteiger partial charge in [-0.3, -0.25) is 9.59 Å². The largest absolute Gasteiger partial charge is 0.461 e. The van der Waals surface area contributed by atoms with E-state index in [2.05, 4.69) is 19.2 Å². The summed E-state index contributed by atoms with van der Waals surface area (Å²) in [5.41, 5.74) is 6.54. The fraction of sp³-hybridized carbons (Fsp3) is 0.906. The van der Waals surface area contributed by atoms with E-state index in [1.807, 2.05) is 27.7 Å².